The Kier molecular flexibility index (Phi) is 3.11. The number of para-hydroxylation sites is 1. The molecule has 0 saturated carbocycles. The number of amides is 2. The molecule has 1 aliphatic rings. The average Bonchev–Trinajstić information content (AvgIpc) is 3.07. The number of rotatable bonds is 3. The van der Waals surface area contributed by atoms with E-state index in [9.17, 15) is 4.79 Å². The first-order valence-electron chi connectivity index (χ1n) is 6.35. The van der Waals surface area contributed by atoms with Crippen LogP contribution in [-0.2, 0) is 6.54 Å². The van der Waals surface area contributed by atoms with Gasteiger partial charge in [-0.15, -0.1) is 0 Å². The monoisotopic (exact) mass is 273 g/mol. The molecule has 2 amide bonds. The largest absolute Gasteiger partial charge is 0.338 e. The first kappa shape index (κ1) is 12.6. The second-order valence-electron chi connectivity index (χ2n) is 4.59. The molecule has 0 aliphatic carbocycles. The third kappa shape index (κ3) is 2.01. The number of anilines is 1. The van der Waals surface area contributed by atoms with Crippen LogP contribution in [0.1, 0.15) is 5.89 Å². The zero-order valence-electron chi connectivity index (χ0n) is 11.1. The molecule has 0 spiro atoms. The molecular weight excluding hydrogens is 258 g/mol. The Labute approximate surface area is 116 Å². The van der Waals surface area contributed by atoms with Crippen molar-refractivity contribution in [2.45, 2.75) is 6.54 Å². The van der Waals surface area contributed by atoms with E-state index >= 15 is 0 Å². The normalized spacial score (nSPS) is 15.2. The second-order valence-corrected chi connectivity index (χ2v) is 4.59. The molecule has 1 fully saturated rings. The number of likely N-dealkylation sites (N-methyl/N-ethyl adjacent to an activating group) is 1. The van der Waals surface area contributed by atoms with Crippen LogP contribution in [0, 0.1) is 0 Å². The van der Waals surface area contributed by atoms with Gasteiger partial charge in [0, 0.05) is 25.7 Å². The van der Waals surface area contributed by atoms with E-state index < -0.39 is 0 Å². The molecule has 7 nitrogen and oxygen atoms in total. The van der Waals surface area contributed by atoms with E-state index in [0.29, 0.717) is 24.8 Å². The summed E-state index contributed by atoms with van der Waals surface area (Å²) >= 11 is 0. The van der Waals surface area contributed by atoms with Gasteiger partial charge in [-0.25, -0.2) is 4.79 Å². The molecule has 1 aromatic heterocycles. The molecule has 3 rings (SSSR count). The summed E-state index contributed by atoms with van der Waals surface area (Å²) < 4.78 is 5.03. The first-order chi connectivity index (χ1) is 9.70. The molecule has 2 heterocycles. The summed E-state index contributed by atoms with van der Waals surface area (Å²) in [5.41, 5.74) is 7.02. The SMILES string of the molecule is CN1CCN(c2ccccc2-c2noc(CN)n2)C1=O. The zero-order valence-corrected chi connectivity index (χ0v) is 11.1. The number of carbonyl (C=O) groups is 1. The maximum absolute atomic E-state index is 12.1. The van der Waals surface area contributed by atoms with E-state index in [2.05, 4.69) is 10.1 Å². The van der Waals surface area contributed by atoms with Crippen LogP contribution < -0.4 is 10.6 Å². The van der Waals surface area contributed by atoms with Crippen LogP contribution in [0.25, 0.3) is 11.4 Å². The number of benzene rings is 1. The van der Waals surface area contributed by atoms with E-state index in [1.165, 1.54) is 0 Å². The predicted molar refractivity (Wildman–Crippen MR) is 73.0 cm³/mol. The molecule has 0 atom stereocenters. The fraction of sp³-hybridized carbons (Fsp3) is 0.308. The summed E-state index contributed by atoms with van der Waals surface area (Å²) in [6.45, 7) is 1.54. The van der Waals surface area contributed by atoms with Gasteiger partial charge >= 0.3 is 6.03 Å². The van der Waals surface area contributed by atoms with E-state index in [1.54, 1.807) is 16.8 Å². The van der Waals surface area contributed by atoms with Crippen LogP contribution in [-0.4, -0.2) is 41.2 Å². The van der Waals surface area contributed by atoms with Gasteiger partial charge < -0.3 is 15.2 Å². The standard InChI is InChI=1S/C13H15N5O2/c1-17-6-7-18(13(17)19)10-5-3-2-4-9(10)12-15-11(8-14)20-16-12/h2-5H,6-8,14H2,1H3. The van der Waals surface area contributed by atoms with Gasteiger partial charge in [0.15, 0.2) is 0 Å². The fourth-order valence-corrected chi connectivity index (χ4v) is 2.22. The molecule has 7 heteroatoms. The Bertz CT molecular complexity index is 639. The minimum absolute atomic E-state index is 0.0278. The Morgan fingerprint density at radius 2 is 2.15 bits per heavy atom. The highest BCUT2D eigenvalue weighted by atomic mass is 16.5. The Morgan fingerprint density at radius 1 is 1.35 bits per heavy atom. The smallest absolute Gasteiger partial charge is 0.324 e. The molecule has 0 radical (unpaired) electrons. The predicted octanol–water partition coefficient (Wildman–Crippen LogP) is 1.07. The van der Waals surface area contributed by atoms with Crippen molar-refractivity contribution in [1.29, 1.82) is 0 Å². The fourth-order valence-electron chi connectivity index (χ4n) is 2.22. The van der Waals surface area contributed by atoms with Gasteiger partial charge in [-0.05, 0) is 12.1 Å². The van der Waals surface area contributed by atoms with Crippen molar-refractivity contribution in [1.82, 2.24) is 15.0 Å². The lowest BCUT2D eigenvalue weighted by Crippen LogP contribution is -2.29. The van der Waals surface area contributed by atoms with Crippen molar-refractivity contribution < 1.29 is 9.32 Å². The minimum Gasteiger partial charge on any atom is -0.338 e. The Morgan fingerprint density at radius 3 is 2.80 bits per heavy atom. The van der Waals surface area contributed by atoms with Crippen LogP contribution in [0.5, 0.6) is 0 Å². The summed E-state index contributed by atoms with van der Waals surface area (Å²) in [6, 6.07) is 7.48. The maximum Gasteiger partial charge on any atom is 0.324 e. The van der Waals surface area contributed by atoms with Crippen molar-refractivity contribution in [3.63, 3.8) is 0 Å². The summed E-state index contributed by atoms with van der Waals surface area (Å²) in [5, 5.41) is 3.92. The number of carbonyl (C=O) groups excluding carboxylic acids is 1. The molecule has 2 aromatic rings. The highest BCUT2D eigenvalue weighted by Crippen LogP contribution is 2.30. The van der Waals surface area contributed by atoms with Crippen molar-refractivity contribution in [3.05, 3.63) is 30.2 Å². The van der Waals surface area contributed by atoms with Crippen molar-refractivity contribution in [2.75, 3.05) is 25.0 Å². The third-order valence-corrected chi connectivity index (χ3v) is 3.29. The lowest BCUT2D eigenvalue weighted by Gasteiger charge is -2.18. The van der Waals surface area contributed by atoms with Gasteiger partial charge in [0.25, 0.3) is 0 Å². The van der Waals surface area contributed by atoms with Gasteiger partial charge in [-0.2, -0.15) is 4.98 Å². The van der Waals surface area contributed by atoms with Crippen molar-refractivity contribution in [3.8, 4) is 11.4 Å². The molecule has 2 N–H and O–H groups in total. The Balaban J connectivity index is 2.02. The second kappa shape index (κ2) is 4.93. The minimum atomic E-state index is -0.0278. The highest BCUT2D eigenvalue weighted by Gasteiger charge is 2.29. The van der Waals surface area contributed by atoms with Gasteiger partial charge in [0.05, 0.1) is 12.2 Å². The van der Waals surface area contributed by atoms with Crippen LogP contribution in [0.15, 0.2) is 28.8 Å². The van der Waals surface area contributed by atoms with Gasteiger partial charge in [0.2, 0.25) is 11.7 Å². The maximum atomic E-state index is 12.1. The molecular formula is C13H15N5O2. The van der Waals surface area contributed by atoms with Gasteiger partial charge in [-0.1, -0.05) is 17.3 Å². The van der Waals surface area contributed by atoms with E-state index in [0.717, 1.165) is 11.3 Å². The van der Waals surface area contributed by atoms with Crippen LogP contribution >= 0.6 is 0 Å². The van der Waals surface area contributed by atoms with Crippen molar-refractivity contribution >= 4 is 11.7 Å². The van der Waals surface area contributed by atoms with Crippen LogP contribution in [0.4, 0.5) is 10.5 Å². The molecule has 20 heavy (non-hydrogen) atoms. The van der Waals surface area contributed by atoms with E-state index in [4.69, 9.17) is 10.3 Å². The van der Waals surface area contributed by atoms with Crippen LogP contribution in [0.2, 0.25) is 0 Å². The molecule has 0 unspecified atom stereocenters. The van der Waals surface area contributed by atoms with Crippen LogP contribution in [0.3, 0.4) is 0 Å². The quantitative estimate of drug-likeness (QED) is 0.903. The average molecular weight is 273 g/mol. The lowest BCUT2D eigenvalue weighted by molar-refractivity contribution is 0.229. The van der Waals surface area contributed by atoms with Gasteiger partial charge in [-0.3, -0.25) is 4.90 Å². The third-order valence-electron chi connectivity index (χ3n) is 3.29. The lowest BCUT2D eigenvalue weighted by atomic mass is 10.1. The number of hydrogen-bond acceptors (Lipinski definition) is 5. The number of nitrogens with two attached hydrogens (primary N) is 1. The molecule has 104 valence electrons. The van der Waals surface area contributed by atoms with E-state index in [-0.39, 0.29) is 12.6 Å². The topological polar surface area (TPSA) is 88.5 Å². The summed E-state index contributed by atoms with van der Waals surface area (Å²) in [5.74, 6) is 0.822. The number of urea groups is 1. The van der Waals surface area contributed by atoms with Crippen molar-refractivity contribution in [2.24, 2.45) is 5.73 Å². The number of aromatic nitrogens is 2. The summed E-state index contributed by atoms with van der Waals surface area (Å²) in [7, 11) is 1.78. The number of nitrogens with zero attached hydrogens (tertiary/aromatic N) is 4. The molecule has 1 aromatic carbocycles. The molecule has 1 saturated heterocycles. The summed E-state index contributed by atoms with van der Waals surface area (Å²) in [4.78, 5) is 19.7. The first-order valence-corrected chi connectivity index (χ1v) is 6.35. The number of hydrogen-bond donors (Lipinski definition) is 1. The van der Waals surface area contributed by atoms with Gasteiger partial charge in [0.1, 0.15) is 0 Å². The molecule has 0 bridgehead atoms. The zero-order chi connectivity index (χ0) is 14.1. The van der Waals surface area contributed by atoms with E-state index in [1.807, 2.05) is 24.3 Å². The highest BCUT2D eigenvalue weighted by molar-refractivity contribution is 5.97. The Hall–Kier alpha value is -2.41. The molecule has 1 aliphatic heterocycles. The summed E-state index contributed by atoms with van der Waals surface area (Å²) in [6.07, 6.45) is 0.